The Hall–Kier alpha value is -2.11. The zero-order valence-corrected chi connectivity index (χ0v) is 16.3. The topological polar surface area (TPSA) is 33.3 Å². The Morgan fingerprint density at radius 2 is 2.19 bits per heavy atom. The first kappa shape index (κ1) is 22.9. The lowest BCUT2D eigenvalue weighted by Gasteiger charge is -2.11. The molecule has 2 N–H and O–H groups in total. The molecule has 0 aliphatic carbocycles. The number of nitrogens with one attached hydrogen (secondary N) is 2. The van der Waals surface area contributed by atoms with E-state index in [1.54, 1.807) is 30.5 Å². The Morgan fingerprint density at radius 1 is 1.37 bits per heavy atom. The van der Waals surface area contributed by atoms with E-state index in [0.29, 0.717) is 18.2 Å². The summed E-state index contributed by atoms with van der Waals surface area (Å²) in [6.07, 6.45) is 7.63. The fourth-order valence-corrected chi connectivity index (χ4v) is 2.38. The summed E-state index contributed by atoms with van der Waals surface area (Å²) in [6, 6.07) is 7.18. The van der Waals surface area contributed by atoms with Gasteiger partial charge in [-0.15, -0.1) is 11.6 Å². The lowest BCUT2D eigenvalue weighted by atomic mass is 10.0. The normalized spacial score (nSPS) is 12.6. The van der Waals surface area contributed by atoms with Crippen molar-refractivity contribution in [3.63, 3.8) is 0 Å². The molecule has 0 saturated carbocycles. The summed E-state index contributed by atoms with van der Waals surface area (Å²) in [5.41, 5.74) is 3.26. The second kappa shape index (κ2) is 14.0. The van der Waals surface area contributed by atoms with Gasteiger partial charge in [0.2, 0.25) is 0 Å². The van der Waals surface area contributed by atoms with Gasteiger partial charge in [0.15, 0.2) is 0 Å². The fraction of sp³-hybridized carbons (Fsp3) is 0.333. The highest BCUT2D eigenvalue weighted by Gasteiger charge is 2.04. The van der Waals surface area contributed by atoms with Crippen LogP contribution in [0.4, 0.5) is 8.78 Å². The fourth-order valence-electron chi connectivity index (χ4n) is 2.29. The highest BCUT2D eigenvalue weighted by molar-refractivity contribution is 6.18. The molecule has 0 aliphatic rings. The van der Waals surface area contributed by atoms with Crippen molar-refractivity contribution in [2.24, 2.45) is 0 Å². The van der Waals surface area contributed by atoms with Gasteiger partial charge in [0, 0.05) is 18.6 Å². The molecule has 0 saturated heterocycles. The van der Waals surface area contributed by atoms with Crippen molar-refractivity contribution in [1.29, 1.82) is 0 Å². The third kappa shape index (κ3) is 10.6. The second-order valence-corrected chi connectivity index (χ2v) is 6.06. The molecule has 0 bridgehead atoms. The molecule has 0 unspecified atom stereocenters. The molecule has 0 atom stereocenters. The number of allylic oxidation sites excluding steroid dienone is 4. The van der Waals surface area contributed by atoms with E-state index in [0.717, 1.165) is 29.7 Å². The second-order valence-electron chi connectivity index (χ2n) is 5.75. The molecular formula is C21H27ClF2N2O. The summed E-state index contributed by atoms with van der Waals surface area (Å²) in [4.78, 5) is 0. The van der Waals surface area contributed by atoms with Crippen LogP contribution < -0.4 is 15.4 Å². The van der Waals surface area contributed by atoms with E-state index in [2.05, 4.69) is 17.2 Å². The number of alkyl halides is 3. The third-order valence-corrected chi connectivity index (χ3v) is 3.79. The molecule has 0 aromatic heterocycles. The SMILES string of the molecule is C=C/C=C(C)/C(=C\N/C=C/CCl)CCNCc1cccc(OCC(F)F)c1. The Bertz CT molecular complexity index is 657. The largest absolute Gasteiger partial charge is 0.488 e. The lowest BCUT2D eigenvalue weighted by Crippen LogP contribution is -2.16. The first-order valence-corrected chi connectivity index (χ1v) is 9.26. The van der Waals surface area contributed by atoms with Crippen molar-refractivity contribution in [3.05, 3.63) is 78.2 Å². The monoisotopic (exact) mass is 396 g/mol. The molecule has 27 heavy (non-hydrogen) atoms. The maximum atomic E-state index is 12.2. The van der Waals surface area contributed by atoms with Gasteiger partial charge in [-0.3, -0.25) is 0 Å². The van der Waals surface area contributed by atoms with Crippen molar-refractivity contribution in [2.75, 3.05) is 19.0 Å². The maximum Gasteiger partial charge on any atom is 0.272 e. The van der Waals surface area contributed by atoms with E-state index in [1.165, 1.54) is 0 Å². The lowest BCUT2D eigenvalue weighted by molar-refractivity contribution is 0.0818. The number of halogens is 3. The maximum absolute atomic E-state index is 12.2. The zero-order valence-electron chi connectivity index (χ0n) is 15.6. The summed E-state index contributed by atoms with van der Waals surface area (Å²) >= 11 is 5.61. The summed E-state index contributed by atoms with van der Waals surface area (Å²) < 4.78 is 29.5. The van der Waals surface area contributed by atoms with Gasteiger partial charge < -0.3 is 15.4 Å². The number of benzene rings is 1. The standard InChI is InChI=1S/C21H27ClF2N2O/c1-3-6-17(2)19(15-25-11-5-10-22)9-12-26-14-18-7-4-8-20(13-18)27-16-21(23)24/h3-8,11,13,15,21,25-26H,1,9-10,12,14,16H2,2H3/b11-5+,17-6+,19-15-. The molecule has 0 amide bonds. The molecule has 1 rings (SSSR count). The molecule has 1 aromatic rings. The van der Waals surface area contributed by atoms with E-state index >= 15 is 0 Å². The summed E-state index contributed by atoms with van der Waals surface area (Å²) in [5.74, 6) is 0.912. The number of ether oxygens (including phenoxy) is 1. The van der Waals surface area contributed by atoms with Gasteiger partial charge in [-0.2, -0.15) is 0 Å². The van der Waals surface area contributed by atoms with E-state index in [1.807, 2.05) is 31.3 Å². The van der Waals surface area contributed by atoms with Crippen LogP contribution in [0.25, 0.3) is 0 Å². The minimum absolute atomic E-state index is 0.454. The molecule has 0 spiro atoms. The third-order valence-electron chi connectivity index (χ3n) is 3.61. The minimum atomic E-state index is -2.48. The van der Waals surface area contributed by atoms with Crippen molar-refractivity contribution < 1.29 is 13.5 Å². The van der Waals surface area contributed by atoms with Crippen LogP contribution in [0.2, 0.25) is 0 Å². The van der Waals surface area contributed by atoms with E-state index in [9.17, 15) is 8.78 Å². The van der Waals surface area contributed by atoms with Gasteiger partial charge in [-0.1, -0.05) is 36.9 Å². The average Bonchev–Trinajstić information content (AvgIpc) is 2.65. The highest BCUT2D eigenvalue weighted by Crippen LogP contribution is 2.15. The minimum Gasteiger partial charge on any atom is -0.488 e. The van der Waals surface area contributed by atoms with Crippen molar-refractivity contribution >= 4 is 11.6 Å². The molecule has 0 aliphatic heterocycles. The summed E-state index contributed by atoms with van der Waals surface area (Å²) in [5, 5.41) is 6.47. The quantitative estimate of drug-likeness (QED) is 0.274. The van der Waals surface area contributed by atoms with Crippen LogP contribution in [0.1, 0.15) is 18.9 Å². The van der Waals surface area contributed by atoms with Gasteiger partial charge in [-0.25, -0.2) is 8.78 Å². The Morgan fingerprint density at radius 3 is 2.89 bits per heavy atom. The van der Waals surface area contributed by atoms with E-state index in [4.69, 9.17) is 16.3 Å². The Kier molecular flexibility index (Phi) is 11.9. The van der Waals surface area contributed by atoms with Crippen LogP contribution in [0.15, 0.2) is 72.6 Å². The van der Waals surface area contributed by atoms with Crippen LogP contribution >= 0.6 is 11.6 Å². The summed E-state index contributed by atoms with van der Waals surface area (Å²) in [7, 11) is 0. The number of rotatable bonds is 13. The van der Waals surface area contributed by atoms with Gasteiger partial charge >= 0.3 is 0 Å². The molecule has 3 nitrogen and oxygen atoms in total. The molecule has 0 radical (unpaired) electrons. The van der Waals surface area contributed by atoms with Crippen LogP contribution in [-0.2, 0) is 6.54 Å². The predicted molar refractivity (Wildman–Crippen MR) is 109 cm³/mol. The molecule has 0 heterocycles. The first-order valence-electron chi connectivity index (χ1n) is 8.73. The Balaban J connectivity index is 2.53. The van der Waals surface area contributed by atoms with Crippen LogP contribution in [0, 0.1) is 0 Å². The summed E-state index contributed by atoms with van der Waals surface area (Å²) in [6.45, 7) is 6.56. The average molecular weight is 397 g/mol. The van der Waals surface area contributed by atoms with Crippen LogP contribution in [0.5, 0.6) is 5.75 Å². The van der Waals surface area contributed by atoms with E-state index < -0.39 is 13.0 Å². The van der Waals surface area contributed by atoms with Crippen LogP contribution in [-0.4, -0.2) is 25.5 Å². The van der Waals surface area contributed by atoms with Crippen LogP contribution in [0.3, 0.4) is 0 Å². The van der Waals surface area contributed by atoms with E-state index in [-0.39, 0.29) is 0 Å². The molecule has 6 heteroatoms. The highest BCUT2D eigenvalue weighted by atomic mass is 35.5. The van der Waals surface area contributed by atoms with Crippen molar-refractivity contribution in [1.82, 2.24) is 10.6 Å². The van der Waals surface area contributed by atoms with Crippen molar-refractivity contribution in [2.45, 2.75) is 26.3 Å². The number of hydrogen-bond acceptors (Lipinski definition) is 3. The molecular weight excluding hydrogens is 370 g/mol. The zero-order chi connectivity index (χ0) is 19.9. The number of hydrogen-bond donors (Lipinski definition) is 2. The predicted octanol–water partition coefficient (Wildman–Crippen LogP) is 5.17. The smallest absolute Gasteiger partial charge is 0.272 e. The van der Waals surface area contributed by atoms with Gasteiger partial charge in [-0.05, 0) is 54.9 Å². The van der Waals surface area contributed by atoms with Gasteiger partial charge in [0.05, 0.1) is 0 Å². The van der Waals surface area contributed by atoms with Crippen molar-refractivity contribution in [3.8, 4) is 5.75 Å². The molecule has 148 valence electrons. The first-order chi connectivity index (χ1) is 13.1. The Labute approximate surface area is 165 Å². The molecule has 1 aromatic carbocycles. The van der Waals surface area contributed by atoms with Gasteiger partial charge in [0.25, 0.3) is 6.43 Å². The van der Waals surface area contributed by atoms with Gasteiger partial charge in [0.1, 0.15) is 12.4 Å². The molecule has 0 fully saturated rings.